The molecule has 0 saturated heterocycles. The Kier molecular flexibility index (Phi) is 6.90. The van der Waals surface area contributed by atoms with Crippen molar-refractivity contribution < 1.29 is 23.0 Å². The summed E-state index contributed by atoms with van der Waals surface area (Å²) in [6.07, 6.45) is 0. The van der Waals surface area contributed by atoms with E-state index in [1.807, 2.05) is 0 Å². The third-order valence-corrected chi connectivity index (χ3v) is 5.17. The lowest BCUT2D eigenvalue weighted by Crippen LogP contribution is -2.36. The predicted octanol–water partition coefficient (Wildman–Crippen LogP) is 1.09. The summed E-state index contributed by atoms with van der Waals surface area (Å²) in [4.78, 5) is 0.134. The molecule has 1 aromatic rings. The number of nitrogens with zero attached hydrogens (tertiary/aromatic N) is 1. The van der Waals surface area contributed by atoms with Crippen molar-refractivity contribution in [2.45, 2.75) is 4.90 Å². The lowest BCUT2D eigenvalue weighted by molar-refractivity contribution is 0.168. The zero-order valence-corrected chi connectivity index (χ0v) is 13.8. The van der Waals surface area contributed by atoms with Gasteiger partial charge in [0.15, 0.2) is 0 Å². The van der Waals surface area contributed by atoms with Gasteiger partial charge in [0.25, 0.3) is 0 Å². The average molecular weight is 368 g/mol. The van der Waals surface area contributed by atoms with Crippen LogP contribution in [0.3, 0.4) is 0 Å². The van der Waals surface area contributed by atoms with Crippen LogP contribution in [0.15, 0.2) is 27.6 Å². The second-order valence-electron chi connectivity index (χ2n) is 3.92. The molecule has 0 aliphatic heterocycles. The van der Waals surface area contributed by atoms with Crippen LogP contribution in [0.2, 0.25) is 0 Å². The number of halogens is 1. The number of aliphatic hydroxyl groups excluding tert-OH is 1. The van der Waals surface area contributed by atoms with Crippen molar-refractivity contribution in [3.8, 4) is 5.75 Å². The monoisotopic (exact) mass is 367 g/mol. The summed E-state index contributed by atoms with van der Waals surface area (Å²) in [7, 11) is -0.677. The molecule has 1 aromatic carbocycles. The van der Waals surface area contributed by atoms with Crippen molar-refractivity contribution in [3.05, 3.63) is 22.7 Å². The number of sulfonamides is 1. The second-order valence-corrected chi connectivity index (χ2v) is 6.71. The smallest absolute Gasteiger partial charge is 0.243 e. The minimum Gasteiger partial charge on any atom is -0.496 e. The van der Waals surface area contributed by atoms with Crippen molar-refractivity contribution >= 4 is 26.0 Å². The molecule has 0 aliphatic carbocycles. The van der Waals surface area contributed by atoms with E-state index >= 15 is 0 Å². The molecule has 0 unspecified atom stereocenters. The van der Waals surface area contributed by atoms with Crippen molar-refractivity contribution in [3.63, 3.8) is 0 Å². The first-order chi connectivity index (χ1) is 9.47. The van der Waals surface area contributed by atoms with Crippen LogP contribution in [0, 0.1) is 0 Å². The fourth-order valence-electron chi connectivity index (χ4n) is 1.61. The van der Waals surface area contributed by atoms with E-state index in [0.717, 1.165) is 0 Å². The van der Waals surface area contributed by atoms with Gasteiger partial charge in [-0.25, -0.2) is 8.42 Å². The van der Waals surface area contributed by atoms with Gasteiger partial charge in [0, 0.05) is 20.2 Å². The highest BCUT2D eigenvalue weighted by Crippen LogP contribution is 2.28. The normalized spacial score (nSPS) is 11.8. The van der Waals surface area contributed by atoms with Gasteiger partial charge in [-0.05, 0) is 34.1 Å². The maximum absolute atomic E-state index is 12.5. The van der Waals surface area contributed by atoms with Crippen LogP contribution in [0.25, 0.3) is 0 Å². The van der Waals surface area contributed by atoms with Crippen molar-refractivity contribution in [2.75, 3.05) is 40.5 Å². The Hall–Kier alpha value is -0.670. The first-order valence-electron chi connectivity index (χ1n) is 5.91. The highest BCUT2D eigenvalue weighted by atomic mass is 79.9. The van der Waals surface area contributed by atoms with Crippen LogP contribution in [0.4, 0.5) is 0 Å². The largest absolute Gasteiger partial charge is 0.496 e. The van der Waals surface area contributed by atoms with Gasteiger partial charge in [0.2, 0.25) is 10.0 Å². The molecule has 1 N–H and O–H groups in total. The summed E-state index contributed by atoms with van der Waals surface area (Å²) in [5.41, 5.74) is 0. The Morgan fingerprint density at radius 3 is 2.50 bits per heavy atom. The Morgan fingerprint density at radius 2 is 2.00 bits per heavy atom. The molecule has 0 bridgehead atoms. The van der Waals surface area contributed by atoms with Crippen LogP contribution >= 0.6 is 15.9 Å². The third kappa shape index (κ3) is 4.16. The van der Waals surface area contributed by atoms with Crippen LogP contribution in [0.1, 0.15) is 0 Å². The SMILES string of the molecule is COCCN(CCO)S(=O)(=O)c1ccc(OC)c(Br)c1. The van der Waals surface area contributed by atoms with Gasteiger partial charge >= 0.3 is 0 Å². The van der Waals surface area contributed by atoms with Crippen LogP contribution in [0.5, 0.6) is 5.75 Å². The highest BCUT2D eigenvalue weighted by molar-refractivity contribution is 9.10. The minimum atomic E-state index is -3.68. The second kappa shape index (κ2) is 7.94. The molecular weight excluding hydrogens is 350 g/mol. The van der Waals surface area contributed by atoms with E-state index < -0.39 is 10.0 Å². The number of hydrogen-bond donors (Lipinski definition) is 1. The number of methoxy groups -OCH3 is 2. The molecule has 6 nitrogen and oxygen atoms in total. The molecule has 0 saturated carbocycles. The molecule has 0 atom stereocenters. The van der Waals surface area contributed by atoms with Crippen molar-refractivity contribution in [1.82, 2.24) is 4.31 Å². The Morgan fingerprint density at radius 1 is 1.30 bits per heavy atom. The van der Waals surface area contributed by atoms with Gasteiger partial charge in [0.05, 0.1) is 29.7 Å². The average Bonchev–Trinajstić information content (AvgIpc) is 2.43. The van der Waals surface area contributed by atoms with E-state index in [1.165, 1.54) is 30.7 Å². The van der Waals surface area contributed by atoms with E-state index in [1.54, 1.807) is 6.07 Å². The molecule has 1 rings (SSSR count). The topological polar surface area (TPSA) is 76.1 Å². The maximum atomic E-state index is 12.5. The summed E-state index contributed by atoms with van der Waals surface area (Å²) >= 11 is 3.26. The highest BCUT2D eigenvalue weighted by Gasteiger charge is 2.24. The Labute approximate surface area is 127 Å². The molecule has 0 aliphatic rings. The zero-order chi connectivity index (χ0) is 15.2. The van der Waals surface area contributed by atoms with Gasteiger partial charge in [-0.2, -0.15) is 4.31 Å². The lowest BCUT2D eigenvalue weighted by atomic mass is 10.3. The molecule has 0 spiro atoms. The summed E-state index contributed by atoms with van der Waals surface area (Å²) in [5, 5.41) is 9.01. The molecule has 0 amide bonds. The minimum absolute atomic E-state index is 0.0232. The zero-order valence-electron chi connectivity index (χ0n) is 11.4. The quantitative estimate of drug-likeness (QED) is 0.744. The molecule has 0 heterocycles. The van der Waals surface area contributed by atoms with E-state index in [2.05, 4.69) is 15.9 Å². The van der Waals surface area contributed by atoms with Crippen LogP contribution < -0.4 is 4.74 Å². The molecule has 0 fully saturated rings. The van der Waals surface area contributed by atoms with Gasteiger partial charge < -0.3 is 14.6 Å². The Balaban J connectivity index is 3.08. The summed E-state index contributed by atoms with van der Waals surface area (Å²) in [6.45, 7) is 0.217. The number of hydrogen-bond acceptors (Lipinski definition) is 5. The fourth-order valence-corrected chi connectivity index (χ4v) is 3.75. The van der Waals surface area contributed by atoms with Gasteiger partial charge in [-0.3, -0.25) is 0 Å². The molecule has 8 heteroatoms. The van der Waals surface area contributed by atoms with Crippen LogP contribution in [-0.2, 0) is 14.8 Å². The third-order valence-electron chi connectivity index (χ3n) is 2.66. The van der Waals surface area contributed by atoms with Gasteiger partial charge in [-0.1, -0.05) is 0 Å². The number of benzene rings is 1. The molecule has 114 valence electrons. The lowest BCUT2D eigenvalue weighted by Gasteiger charge is -2.21. The standard InChI is InChI=1S/C12H18BrNO5S/c1-18-8-6-14(5-7-15)20(16,17)10-3-4-12(19-2)11(13)9-10/h3-4,9,15H,5-8H2,1-2H3. The van der Waals surface area contributed by atoms with E-state index in [9.17, 15) is 8.42 Å². The molecular formula is C12H18BrNO5S. The predicted molar refractivity (Wildman–Crippen MR) is 78.4 cm³/mol. The summed E-state index contributed by atoms with van der Waals surface area (Å²) < 4.78 is 36.7. The molecule has 0 radical (unpaired) electrons. The summed E-state index contributed by atoms with van der Waals surface area (Å²) in [6, 6.07) is 4.52. The number of ether oxygens (including phenoxy) is 2. The van der Waals surface area contributed by atoms with Gasteiger partial charge in [-0.15, -0.1) is 0 Å². The number of aliphatic hydroxyl groups is 1. The molecule has 0 aromatic heterocycles. The van der Waals surface area contributed by atoms with Crippen molar-refractivity contribution in [1.29, 1.82) is 0 Å². The van der Waals surface area contributed by atoms with E-state index in [4.69, 9.17) is 14.6 Å². The van der Waals surface area contributed by atoms with Crippen LogP contribution in [-0.4, -0.2) is 58.4 Å². The number of rotatable bonds is 8. The summed E-state index contributed by atoms with van der Waals surface area (Å²) in [5.74, 6) is 0.551. The fraction of sp³-hybridized carbons (Fsp3) is 0.500. The van der Waals surface area contributed by atoms with E-state index in [0.29, 0.717) is 10.2 Å². The van der Waals surface area contributed by atoms with Crippen molar-refractivity contribution in [2.24, 2.45) is 0 Å². The Bertz CT molecular complexity index is 535. The first-order valence-corrected chi connectivity index (χ1v) is 8.14. The van der Waals surface area contributed by atoms with Gasteiger partial charge in [0.1, 0.15) is 5.75 Å². The molecule has 20 heavy (non-hydrogen) atoms. The first kappa shape index (κ1) is 17.4. The maximum Gasteiger partial charge on any atom is 0.243 e. The van der Waals surface area contributed by atoms with E-state index in [-0.39, 0.29) is 31.2 Å².